The topological polar surface area (TPSA) is 131 Å². The molecule has 0 aliphatic carbocycles. The molecule has 1 aliphatic heterocycles. The molecular formula is C18H16N2O8. The molecule has 10 nitrogen and oxygen atoms in total. The second-order valence-electron chi connectivity index (χ2n) is 6.01. The van der Waals surface area contributed by atoms with Crippen LogP contribution in [0.2, 0.25) is 0 Å². The van der Waals surface area contributed by atoms with E-state index in [1.54, 1.807) is 0 Å². The van der Waals surface area contributed by atoms with Crippen molar-refractivity contribution in [3.63, 3.8) is 0 Å². The summed E-state index contributed by atoms with van der Waals surface area (Å²) >= 11 is 0. The minimum Gasteiger partial charge on any atom is -0.416 e. The molecule has 0 aromatic heterocycles. The summed E-state index contributed by atoms with van der Waals surface area (Å²) in [6.07, 6.45) is 0.00727. The Kier molecular flexibility index (Phi) is 5.62. The number of carbonyl (C=O) groups excluding carboxylic acids is 1. The summed E-state index contributed by atoms with van der Waals surface area (Å²) in [6, 6.07) is 7.96. The van der Waals surface area contributed by atoms with Crippen LogP contribution in [0, 0.1) is 27.2 Å². The summed E-state index contributed by atoms with van der Waals surface area (Å²) in [4.78, 5) is 33.6. The Morgan fingerprint density at radius 2 is 1.75 bits per heavy atom. The van der Waals surface area contributed by atoms with E-state index in [2.05, 4.69) is 0 Å². The Labute approximate surface area is 158 Å². The van der Waals surface area contributed by atoms with Crippen molar-refractivity contribution >= 4 is 17.3 Å². The van der Waals surface area contributed by atoms with Crippen LogP contribution in [0.4, 0.5) is 11.4 Å². The van der Waals surface area contributed by atoms with E-state index < -0.39 is 27.8 Å². The number of ether oxygens (including phenoxy) is 3. The van der Waals surface area contributed by atoms with Crippen molar-refractivity contribution in [3.05, 3.63) is 73.3 Å². The molecular weight excluding hydrogens is 372 g/mol. The third-order valence-electron chi connectivity index (χ3n) is 4.20. The van der Waals surface area contributed by atoms with E-state index in [0.717, 1.165) is 6.42 Å². The van der Waals surface area contributed by atoms with E-state index in [0.29, 0.717) is 18.8 Å². The number of carbonyl (C=O) groups is 1. The molecule has 0 amide bonds. The molecule has 0 atom stereocenters. The minimum absolute atomic E-state index is 0.0495. The molecule has 2 aromatic carbocycles. The zero-order valence-corrected chi connectivity index (χ0v) is 14.8. The van der Waals surface area contributed by atoms with Gasteiger partial charge in [0, 0.05) is 23.3 Å². The van der Waals surface area contributed by atoms with Crippen molar-refractivity contribution in [3.8, 4) is 5.75 Å². The Bertz CT molecular complexity index is 937. The SMILES string of the molecule is Cc1c(C(=O)Oc2ccc(C3OCCCO3)cc2[N+](=O)[O-])cccc1[N+](=O)[O-]. The summed E-state index contributed by atoms with van der Waals surface area (Å²) in [5, 5.41) is 22.5. The van der Waals surface area contributed by atoms with E-state index in [1.165, 1.54) is 43.3 Å². The minimum atomic E-state index is -0.929. The van der Waals surface area contributed by atoms with Crippen molar-refractivity contribution in [1.29, 1.82) is 0 Å². The second-order valence-corrected chi connectivity index (χ2v) is 6.01. The first-order valence-electron chi connectivity index (χ1n) is 8.36. The highest BCUT2D eigenvalue weighted by Gasteiger charge is 2.26. The first kappa shape index (κ1) is 19.4. The van der Waals surface area contributed by atoms with E-state index in [-0.39, 0.29) is 22.6 Å². The van der Waals surface area contributed by atoms with Crippen LogP contribution in [0.5, 0.6) is 5.75 Å². The molecule has 28 heavy (non-hydrogen) atoms. The summed E-state index contributed by atoms with van der Waals surface area (Å²) in [5.74, 6) is -1.21. The van der Waals surface area contributed by atoms with Crippen LogP contribution in [0.15, 0.2) is 36.4 Å². The van der Waals surface area contributed by atoms with Gasteiger partial charge in [-0.25, -0.2) is 4.79 Å². The van der Waals surface area contributed by atoms with Gasteiger partial charge in [-0.3, -0.25) is 20.2 Å². The smallest absolute Gasteiger partial charge is 0.344 e. The second kappa shape index (κ2) is 8.11. The zero-order chi connectivity index (χ0) is 20.3. The van der Waals surface area contributed by atoms with Crippen LogP contribution in [-0.4, -0.2) is 29.0 Å². The lowest BCUT2D eigenvalue weighted by atomic mass is 10.1. The molecule has 1 heterocycles. The lowest BCUT2D eigenvalue weighted by molar-refractivity contribution is -0.385. The molecule has 2 aromatic rings. The monoisotopic (exact) mass is 388 g/mol. The Balaban J connectivity index is 1.89. The summed E-state index contributed by atoms with van der Waals surface area (Å²) in [5.41, 5.74) is -0.192. The van der Waals surface area contributed by atoms with Crippen molar-refractivity contribution in [1.82, 2.24) is 0 Å². The van der Waals surface area contributed by atoms with Gasteiger partial charge in [0.25, 0.3) is 5.69 Å². The summed E-state index contributed by atoms with van der Waals surface area (Å²) in [6.45, 7) is 2.35. The fourth-order valence-corrected chi connectivity index (χ4v) is 2.79. The van der Waals surface area contributed by atoms with Crippen LogP contribution in [0.25, 0.3) is 0 Å². The van der Waals surface area contributed by atoms with Gasteiger partial charge >= 0.3 is 11.7 Å². The van der Waals surface area contributed by atoms with Gasteiger partial charge in [-0.2, -0.15) is 0 Å². The van der Waals surface area contributed by atoms with Gasteiger partial charge in [-0.05, 0) is 31.5 Å². The standard InChI is InChI=1S/C18H16N2O8/c1-11-13(4-2-5-14(11)19(22)23)17(21)28-16-7-6-12(10-15(16)20(24)25)18-26-8-3-9-27-18/h2,4-7,10,18H,3,8-9H2,1H3. The normalized spacial score (nSPS) is 14.5. The van der Waals surface area contributed by atoms with E-state index in [9.17, 15) is 25.0 Å². The van der Waals surface area contributed by atoms with Gasteiger partial charge in [0.2, 0.25) is 5.75 Å². The maximum Gasteiger partial charge on any atom is 0.344 e. The number of benzene rings is 2. The average Bonchev–Trinajstić information content (AvgIpc) is 2.68. The van der Waals surface area contributed by atoms with Crippen LogP contribution in [0.3, 0.4) is 0 Å². The van der Waals surface area contributed by atoms with Crippen LogP contribution in [-0.2, 0) is 9.47 Å². The Morgan fingerprint density at radius 3 is 2.39 bits per heavy atom. The number of nitro benzene ring substituents is 2. The predicted molar refractivity (Wildman–Crippen MR) is 95.2 cm³/mol. The molecule has 3 rings (SSSR count). The molecule has 1 fully saturated rings. The molecule has 1 saturated heterocycles. The van der Waals surface area contributed by atoms with Crippen molar-refractivity contribution in [2.75, 3.05) is 13.2 Å². The molecule has 1 aliphatic rings. The van der Waals surface area contributed by atoms with Crippen LogP contribution < -0.4 is 4.74 Å². The largest absolute Gasteiger partial charge is 0.416 e. The van der Waals surface area contributed by atoms with E-state index >= 15 is 0 Å². The first-order valence-corrected chi connectivity index (χ1v) is 8.36. The van der Waals surface area contributed by atoms with Crippen molar-refractivity contribution in [2.24, 2.45) is 0 Å². The number of esters is 1. The highest BCUT2D eigenvalue weighted by molar-refractivity contribution is 5.94. The average molecular weight is 388 g/mol. The molecule has 0 N–H and O–H groups in total. The lowest BCUT2D eigenvalue weighted by Gasteiger charge is -2.23. The quantitative estimate of drug-likeness (QED) is 0.329. The maximum absolute atomic E-state index is 12.5. The maximum atomic E-state index is 12.5. The molecule has 0 radical (unpaired) electrons. The van der Waals surface area contributed by atoms with E-state index in [4.69, 9.17) is 14.2 Å². The van der Waals surface area contributed by atoms with Crippen LogP contribution in [0.1, 0.15) is 34.2 Å². The van der Waals surface area contributed by atoms with Gasteiger partial charge in [0.15, 0.2) is 6.29 Å². The lowest BCUT2D eigenvalue weighted by Crippen LogP contribution is -2.18. The van der Waals surface area contributed by atoms with Gasteiger partial charge < -0.3 is 14.2 Å². The van der Waals surface area contributed by atoms with E-state index in [1.807, 2.05) is 0 Å². The zero-order valence-electron chi connectivity index (χ0n) is 14.8. The summed E-state index contributed by atoms with van der Waals surface area (Å²) < 4.78 is 16.0. The molecule has 0 unspecified atom stereocenters. The molecule has 146 valence electrons. The Morgan fingerprint density at radius 1 is 1.07 bits per heavy atom. The third kappa shape index (κ3) is 3.97. The van der Waals surface area contributed by atoms with Gasteiger partial charge in [0.05, 0.1) is 28.6 Å². The highest BCUT2D eigenvalue weighted by Crippen LogP contribution is 2.33. The third-order valence-corrected chi connectivity index (χ3v) is 4.20. The fourth-order valence-electron chi connectivity index (χ4n) is 2.79. The van der Waals surface area contributed by atoms with Crippen molar-refractivity contribution < 1.29 is 28.9 Å². The van der Waals surface area contributed by atoms with Gasteiger partial charge in [-0.15, -0.1) is 0 Å². The molecule has 0 spiro atoms. The number of hydrogen-bond donors (Lipinski definition) is 0. The predicted octanol–water partition coefficient (Wildman–Crippen LogP) is 3.47. The number of hydrogen-bond acceptors (Lipinski definition) is 8. The summed E-state index contributed by atoms with van der Waals surface area (Å²) in [7, 11) is 0. The van der Waals surface area contributed by atoms with Crippen LogP contribution >= 0.6 is 0 Å². The number of rotatable bonds is 5. The molecule has 0 saturated carbocycles. The highest BCUT2D eigenvalue weighted by atomic mass is 16.7. The number of nitro groups is 2. The first-order chi connectivity index (χ1) is 13.4. The number of nitrogens with zero attached hydrogens (tertiary/aromatic N) is 2. The van der Waals surface area contributed by atoms with Gasteiger partial charge in [0.1, 0.15) is 0 Å². The van der Waals surface area contributed by atoms with Crippen molar-refractivity contribution in [2.45, 2.75) is 19.6 Å². The Hall–Kier alpha value is -3.37. The molecule has 0 bridgehead atoms. The fraction of sp³-hybridized carbons (Fsp3) is 0.278. The van der Waals surface area contributed by atoms with Gasteiger partial charge in [-0.1, -0.05) is 6.07 Å². The molecule has 10 heteroatoms.